The lowest BCUT2D eigenvalue weighted by molar-refractivity contribution is 0.155. The molecule has 5 rings (SSSR count). The van der Waals surface area contributed by atoms with Gasteiger partial charge in [-0.25, -0.2) is 13.2 Å². The molecule has 3 heterocycles. The normalized spacial score (nSPS) is 21.1. The maximum absolute atomic E-state index is 12.9. The molecule has 3 aromatic rings. The summed E-state index contributed by atoms with van der Waals surface area (Å²) in [5, 5.41) is 9.99. The Bertz CT molecular complexity index is 1210. The number of pyridine rings is 1. The third-order valence-corrected chi connectivity index (χ3v) is 7.58. The topological polar surface area (TPSA) is 90.8 Å². The van der Waals surface area contributed by atoms with Gasteiger partial charge in [0.2, 0.25) is 9.84 Å². The summed E-state index contributed by atoms with van der Waals surface area (Å²) in [4.78, 5) is 19.8. The number of likely N-dealkylation sites (tertiary alicyclic amines) is 1. The Morgan fingerprint density at radius 2 is 1.79 bits per heavy atom. The first-order chi connectivity index (χ1) is 13.9. The van der Waals surface area contributed by atoms with E-state index in [-0.39, 0.29) is 15.8 Å². The van der Waals surface area contributed by atoms with E-state index in [1.165, 1.54) is 11.1 Å². The largest absolute Gasteiger partial charge is 0.465 e. The van der Waals surface area contributed by atoms with Crippen LogP contribution in [0.2, 0.25) is 0 Å². The summed E-state index contributed by atoms with van der Waals surface area (Å²) in [6.07, 6.45) is 0.523. The molecule has 0 bridgehead atoms. The Kier molecular flexibility index (Phi) is 3.99. The molecule has 2 atom stereocenters. The molecule has 2 saturated heterocycles. The van der Waals surface area contributed by atoms with Crippen molar-refractivity contribution in [3.63, 3.8) is 0 Å². The first-order valence-corrected chi connectivity index (χ1v) is 10.9. The minimum atomic E-state index is -3.63. The molecule has 0 spiro atoms. The van der Waals surface area contributed by atoms with E-state index in [0.29, 0.717) is 19.0 Å². The van der Waals surface area contributed by atoms with Crippen LogP contribution in [0.25, 0.3) is 10.9 Å². The lowest BCUT2D eigenvalue weighted by Gasteiger charge is -2.45. The van der Waals surface area contributed by atoms with Crippen molar-refractivity contribution >= 4 is 32.5 Å². The van der Waals surface area contributed by atoms with Gasteiger partial charge in [0.05, 0.1) is 27.0 Å². The van der Waals surface area contributed by atoms with E-state index in [0.717, 1.165) is 23.1 Å². The van der Waals surface area contributed by atoms with Crippen molar-refractivity contribution in [2.45, 2.75) is 15.8 Å². The minimum absolute atomic E-state index is 0.145. The summed E-state index contributed by atoms with van der Waals surface area (Å²) in [6, 6.07) is 15.8. The van der Waals surface area contributed by atoms with E-state index >= 15 is 0 Å². The molecule has 1 amide bonds. The van der Waals surface area contributed by atoms with Crippen molar-refractivity contribution in [2.75, 3.05) is 24.5 Å². The Labute approximate surface area is 168 Å². The molecule has 1 N–H and O–H groups in total. The Balaban J connectivity index is 1.50. The van der Waals surface area contributed by atoms with Crippen molar-refractivity contribution in [2.24, 2.45) is 5.92 Å². The molecule has 8 heteroatoms. The third-order valence-electron chi connectivity index (χ3n) is 5.85. The van der Waals surface area contributed by atoms with Gasteiger partial charge < -0.3 is 14.9 Å². The van der Waals surface area contributed by atoms with Crippen LogP contribution in [0.1, 0.15) is 0 Å². The Morgan fingerprint density at radius 1 is 1.00 bits per heavy atom. The van der Waals surface area contributed by atoms with Crippen LogP contribution in [-0.2, 0) is 9.84 Å². The van der Waals surface area contributed by atoms with Crippen molar-refractivity contribution < 1.29 is 18.3 Å². The summed E-state index contributed by atoms with van der Waals surface area (Å²) >= 11 is 0. The second kappa shape index (κ2) is 6.45. The molecule has 1 aromatic heterocycles. The number of hydrogen-bond acceptors (Lipinski definition) is 5. The van der Waals surface area contributed by atoms with Crippen LogP contribution in [-0.4, -0.2) is 55.2 Å². The van der Waals surface area contributed by atoms with Crippen LogP contribution in [0.5, 0.6) is 0 Å². The number of benzene rings is 2. The average molecular weight is 409 g/mol. The molecular weight excluding hydrogens is 390 g/mol. The SMILES string of the molecule is O=C(O)N1CC2CN(c3cccc4cc(S(=O)(=O)c5ccccc5)cnc34)C2C1. The number of carboxylic acid groups (broad SMARTS) is 1. The summed E-state index contributed by atoms with van der Waals surface area (Å²) in [5.74, 6) is 0.332. The summed E-state index contributed by atoms with van der Waals surface area (Å²) < 4.78 is 25.8. The highest BCUT2D eigenvalue weighted by Crippen LogP contribution is 2.39. The maximum Gasteiger partial charge on any atom is 0.407 e. The van der Waals surface area contributed by atoms with Crippen molar-refractivity contribution in [3.05, 3.63) is 60.8 Å². The highest BCUT2D eigenvalue weighted by molar-refractivity contribution is 7.91. The van der Waals surface area contributed by atoms with E-state index in [1.807, 2.05) is 18.2 Å². The number of amides is 1. The maximum atomic E-state index is 12.9. The fraction of sp³-hybridized carbons (Fsp3) is 0.238. The van der Waals surface area contributed by atoms with Crippen LogP contribution >= 0.6 is 0 Å². The van der Waals surface area contributed by atoms with Gasteiger partial charge in [-0.15, -0.1) is 0 Å². The van der Waals surface area contributed by atoms with Crippen molar-refractivity contribution in [3.8, 4) is 0 Å². The first-order valence-electron chi connectivity index (χ1n) is 9.38. The molecule has 2 aliphatic rings. The number of aromatic nitrogens is 1. The van der Waals surface area contributed by atoms with Gasteiger partial charge in [0, 0.05) is 37.1 Å². The van der Waals surface area contributed by atoms with Gasteiger partial charge in [0.1, 0.15) is 0 Å². The van der Waals surface area contributed by atoms with Gasteiger partial charge >= 0.3 is 6.09 Å². The van der Waals surface area contributed by atoms with Gasteiger partial charge in [0.25, 0.3) is 0 Å². The molecule has 0 aliphatic carbocycles. The fourth-order valence-electron chi connectivity index (χ4n) is 4.31. The van der Waals surface area contributed by atoms with E-state index < -0.39 is 15.9 Å². The number of carbonyl (C=O) groups is 1. The molecule has 7 nitrogen and oxygen atoms in total. The zero-order chi connectivity index (χ0) is 20.2. The van der Waals surface area contributed by atoms with Gasteiger partial charge in [0.15, 0.2) is 0 Å². The number of anilines is 1. The smallest absolute Gasteiger partial charge is 0.407 e. The zero-order valence-electron chi connectivity index (χ0n) is 15.5. The van der Waals surface area contributed by atoms with Crippen LogP contribution in [0.15, 0.2) is 70.6 Å². The molecular formula is C21H19N3O4S. The predicted molar refractivity (Wildman–Crippen MR) is 108 cm³/mol. The standard InChI is InChI=1S/C21H19N3O4S/c25-21(26)23-11-15-12-24(19(15)13-23)18-8-4-5-14-9-17(10-22-20(14)18)29(27,28)16-6-2-1-3-7-16/h1-10,15,19H,11-13H2,(H,25,26). The van der Waals surface area contributed by atoms with Gasteiger partial charge in [-0.1, -0.05) is 30.3 Å². The molecule has 2 fully saturated rings. The average Bonchev–Trinajstić information content (AvgIpc) is 3.05. The van der Waals surface area contributed by atoms with Crippen molar-refractivity contribution in [1.82, 2.24) is 9.88 Å². The number of rotatable bonds is 3. The van der Waals surface area contributed by atoms with Gasteiger partial charge in [-0.2, -0.15) is 0 Å². The quantitative estimate of drug-likeness (QED) is 0.715. The fourth-order valence-corrected chi connectivity index (χ4v) is 5.57. The molecule has 148 valence electrons. The van der Waals surface area contributed by atoms with Crippen molar-refractivity contribution in [1.29, 1.82) is 0 Å². The molecule has 0 radical (unpaired) electrons. The summed E-state index contributed by atoms with van der Waals surface area (Å²) in [6.45, 7) is 1.82. The molecule has 0 saturated carbocycles. The van der Waals surface area contributed by atoms with Gasteiger partial charge in [-0.3, -0.25) is 4.98 Å². The number of fused-ring (bicyclic) bond motifs is 2. The molecule has 2 aliphatic heterocycles. The van der Waals surface area contributed by atoms with Crippen LogP contribution in [0.4, 0.5) is 10.5 Å². The van der Waals surface area contributed by atoms with Gasteiger partial charge in [-0.05, 0) is 24.3 Å². The van der Waals surface area contributed by atoms with E-state index in [2.05, 4.69) is 9.88 Å². The van der Waals surface area contributed by atoms with Crippen LogP contribution in [0, 0.1) is 5.92 Å². The Hall–Kier alpha value is -3.13. The van der Waals surface area contributed by atoms with E-state index in [1.54, 1.807) is 36.4 Å². The van der Waals surface area contributed by atoms with E-state index in [9.17, 15) is 18.3 Å². The Morgan fingerprint density at radius 3 is 2.55 bits per heavy atom. The highest BCUT2D eigenvalue weighted by atomic mass is 32.2. The monoisotopic (exact) mass is 409 g/mol. The highest BCUT2D eigenvalue weighted by Gasteiger charge is 2.47. The minimum Gasteiger partial charge on any atom is -0.465 e. The van der Waals surface area contributed by atoms with E-state index in [4.69, 9.17) is 0 Å². The lowest BCUT2D eigenvalue weighted by atomic mass is 9.91. The molecule has 29 heavy (non-hydrogen) atoms. The summed E-state index contributed by atoms with van der Waals surface area (Å²) in [7, 11) is -3.63. The number of hydrogen-bond donors (Lipinski definition) is 1. The lowest BCUT2D eigenvalue weighted by Crippen LogP contribution is -2.56. The number of sulfone groups is 1. The number of nitrogens with zero attached hydrogens (tertiary/aromatic N) is 3. The second-order valence-corrected chi connectivity index (χ2v) is 9.45. The van der Waals surface area contributed by atoms with Crippen LogP contribution < -0.4 is 4.90 Å². The predicted octanol–water partition coefficient (Wildman–Crippen LogP) is 2.87. The first kappa shape index (κ1) is 17.9. The number of para-hydroxylation sites is 1. The van der Waals surface area contributed by atoms with Crippen LogP contribution in [0.3, 0.4) is 0 Å². The molecule has 2 aromatic carbocycles. The zero-order valence-corrected chi connectivity index (χ0v) is 16.3. The third kappa shape index (κ3) is 2.82. The summed E-state index contributed by atoms with van der Waals surface area (Å²) in [5.41, 5.74) is 1.64. The molecule has 2 unspecified atom stereocenters. The second-order valence-electron chi connectivity index (χ2n) is 7.50.